The lowest BCUT2D eigenvalue weighted by atomic mass is 9.98. The van der Waals surface area contributed by atoms with E-state index in [2.05, 4.69) is 14.9 Å². The lowest BCUT2D eigenvalue weighted by molar-refractivity contribution is -0.179. The third kappa shape index (κ3) is 3.28. The van der Waals surface area contributed by atoms with Crippen LogP contribution in [0.3, 0.4) is 0 Å². The van der Waals surface area contributed by atoms with Gasteiger partial charge < -0.3 is 14.9 Å². The Labute approximate surface area is 98.4 Å². The topological polar surface area (TPSA) is 113 Å². The number of hydrogen-bond donors (Lipinski definition) is 3. The molecule has 0 saturated carbocycles. The largest absolute Gasteiger partial charge is 0.479 e. The van der Waals surface area contributed by atoms with Gasteiger partial charge in [-0.05, 0) is 6.07 Å². The van der Waals surface area contributed by atoms with Crippen molar-refractivity contribution >= 4 is 11.9 Å². The third-order valence-electron chi connectivity index (χ3n) is 2.04. The first-order chi connectivity index (χ1) is 8.03. The average Bonchev–Trinajstić information content (AvgIpc) is 2.80. The van der Waals surface area contributed by atoms with E-state index in [-0.39, 0.29) is 6.42 Å². The summed E-state index contributed by atoms with van der Waals surface area (Å²) in [5, 5.41) is 23.8. The number of carbonyl (C=O) groups is 2. The van der Waals surface area contributed by atoms with Gasteiger partial charge in [0.2, 0.25) is 0 Å². The second kappa shape index (κ2) is 6.64. The van der Waals surface area contributed by atoms with Crippen LogP contribution in [0.1, 0.15) is 19.5 Å². The summed E-state index contributed by atoms with van der Waals surface area (Å²) in [6.45, 7) is 4.00. The lowest BCUT2D eigenvalue weighted by Gasteiger charge is -2.22. The van der Waals surface area contributed by atoms with Crippen LogP contribution in [0.4, 0.5) is 0 Å². The van der Waals surface area contributed by atoms with E-state index >= 15 is 0 Å². The Hall–Kier alpha value is -1.89. The number of ether oxygens (including phenoxy) is 1. The van der Waals surface area contributed by atoms with Gasteiger partial charge in [0, 0.05) is 25.4 Å². The maximum Gasteiger partial charge on any atom is 0.348 e. The van der Waals surface area contributed by atoms with Crippen LogP contribution in [-0.2, 0) is 20.7 Å². The smallest absolute Gasteiger partial charge is 0.348 e. The summed E-state index contributed by atoms with van der Waals surface area (Å²) in [6.07, 6.45) is 1.09. The molecule has 0 aliphatic heterocycles. The minimum Gasteiger partial charge on any atom is -0.479 e. The summed E-state index contributed by atoms with van der Waals surface area (Å²) < 4.78 is 4.59. The molecule has 7 heteroatoms. The number of carboxylic acids is 2. The van der Waals surface area contributed by atoms with E-state index in [9.17, 15) is 9.59 Å². The molecule has 0 fully saturated rings. The van der Waals surface area contributed by atoms with Crippen molar-refractivity contribution in [1.29, 1.82) is 0 Å². The Bertz CT molecular complexity index is 347. The van der Waals surface area contributed by atoms with Gasteiger partial charge in [0.05, 0.1) is 0 Å². The maximum atomic E-state index is 10.9. The van der Waals surface area contributed by atoms with Gasteiger partial charge in [-0.2, -0.15) is 5.10 Å². The SMILES string of the molecule is CC.COC(Cc1ccn[nH]1)(C(=O)O)C(=O)O. The van der Waals surface area contributed by atoms with Gasteiger partial charge in [0.1, 0.15) is 0 Å². The summed E-state index contributed by atoms with van der Waals surface area (Å²) in [6, 6.07) is 1.49. The molecule has 0 spiro atoms. The Kier molecular flexibility index (Phi) is 5.90. The van der Waals surface area contributed by atoms with Crippen LogP contribution in [0.2, 0.25) is 0 Å². The maximum absolute atomic E-state index is 10.9. The zero-order chi connectivity index (χ0) is 13.5. The molecular formula is C10H16N2O5. The van der Waals surface area contributed by atoms with E-state index in [0.717, 1.165) is 7.11 Å². The summed E-state index contributed by atoms with van der Waals surface area (Å²) in [7, 11) is 1.04. The molecule has 0 radical (unpaired) electrons. The number of nitrogens with zero attached hydrogens (tertiary/aromatic N) is 1. The second-order valence-corrected chi connectivity index (χ2v) is 2.90. The van der Waals surface area contributed by atoms with Gasteiger partial charge in [-0.15, -0.1) is 0 Å². The van der Waals surface area contributed by atoms with Crippen molar-refractivity contribution in [3.63, 3.8) is 0 Å². The van der Waals surface area contributed by atoms with Gasteiger partial charge in [0.25, 0.3) is 5.60 Å². The minimum absolute atomic E-state index is 0.311. The van der Waals surface area contributed by atoms with Crippen molar-refractivity contribution in [3.8, 4) is 0 Å². The van der Waals surface area contributed by atoms with Crippen molar-refractivity contribution in [2.24, 2.45) is 0 Å². The highest BCUT2D eigenvalue weighted by molar-refractivity contribution is 6.02. The van der Waals surface area contributed by atoms with Gasteiger partial charge >= 0.3 is 11.9 Å². The highest BCUT2D eigenvalue weighted by Crippen LogP contribution is 2.17. The van der Waals surface area contributed by atoms with Gasteiger partial charge in [-0.1, -0.05) is 13.8 Å². The first-order valence-electron chi connectivity index (χ1n) is 5.03. The Morgan fingerprint density at radius 2 is 1.94 bits per heavy atom. The number of aromatic nitrogens is 2. The number of carboxylic acid groups (broad SMARTS) is 2. The Morgan fingerprint density at radius 3 is 2.24 bits per heavy atom. The van der Waals surface area contributed by atoms with Crippen LogP contribution >= 0.6 is 0 Å². The van der Waals surface area contributed by atoms with E-state index in [0.29, 0.717) is 5.69 Å². The van der Waals surface area contributed by atoms with Crippen molar-refractivity contribution in [3.05, 3.63) is 18.0 Å². The first-order valence-corrected chi connectivity index (χ1v) is 5.03. The molecule has 0 unspecified atom stereocenters. The Morgan fingerprint density at radius 1 is 1.41 bits per heavy atom. The van der Waals surface area contributed by atoms with Crippen LogP contribution in [-0.4, -0.2) is 45.1 Å². The molecule has 1 aromatic rings. The molecule has 1 heterocycles. The van der Waals surface area contributed by atoms with Crippen LogP contribution in [0.5, 0.6) is 0 Å². The normalized spacial score (nSPS) is 10.3. The molecular weight excluding hydrogens is 228 g/mol. The Balaban J connectivity index is 0.00000121. The summed E-state index contributed by atoms with van der Waals surface area (Å²) >= 11 is 0. The zero-order valence-corrected chi connectivity index (χ0v) is 9.93. The zero-order valence-electron chi connectivity index (χ0n) is 9.93. The van der Waals surface area contributed by atoms with Crippen molar-refractivity contribution in [1.82, 2.24) is 10.2 Å². The van der Waals surface area contributed by atoms with Gasteiger partial charge in [0.15, 0.2) is 0 Å². The number of hydrogen-bond acceptors (Lipinski definition) is 4. The molecule has 96 valence electrons. The van der Waals surface area contributed by atoms with E-state index < -0.39 is 17.5 Å². The number of aliphatic carboxylic acids is 2. The highest BCUT2D eigenvalue weighted by atomic mass is 16.5. The monoisotopic (exact) mass is 244 g/mol. The van der Waals surface area contributed by atoms with Crippen molar-refractivity contribution in [2.45, 2.75) is 25.9 Å². The number of H-pyrrole nitrogens is 1. The molecule has 1 aromatic heterocycles. The molecule has 3 N–H and O–H groups in total. The molecule has 0 atom stereocenters. The first kappa shape index (κ1) is 15.1. The van der Waals surface area contributed by atoms with Crippen LogP contribution in [0.25, 0.3) is 0 Å². The average molecular weight is 244 g/mol. The minimum atomic E-state index is -2.27. The number of methoxy groups -OCH3 is 1. The molecule has 7 nitrogen and oxygen atoms in total. The summed E-state index contributed by atoms with van der Waals surface area (Å²) in [5.74, 6) is -3.10. The third-order valence-corrected chi connectivity index (χ3v) is 2.04. The quantitative estimate of drug-likeness (QED) is 0.651. The van der Waals surface area contributed by atoms with Crippen LogP contribution < -0.4 is 0 Å². The highest BCUT2D eigenvalue weighted by Gasteiger charge is 2.47. The fourth-order valence-corrected chi connectivity index (χ4v) is 1.14. The van der Waals surface area contributed by atoms with E-state index in [4.69, 9.17) is 10.2 Å². The number of nitrogens with one attached hydrogen (secondary N) is 1. The molecule has 0 aromatic carbocycles. The summed E-state index contributed by atoms with van der Waals surface area (Å²) in [4.78, 5) is 21.8. The van der Waals surface area contributed by atoms with E-state index in [1.165, 1.54) is 12.3 Å². The van der Waals surface area contributed by atoms with E-state index in [1.807, 2.05) is 13.8 Å². The fourth-order valence-electron chi connectivity index (χ4n) is 1.14. The molecule has 0 bridgehead atoms. The van der Waals surface area contributed by atoms with Crippen LogP contribution in [0.15, 0.2) is 12.3 Å². The predicted octanol–water partition coefficient (Wildman–Crippen LogP) is 0.533. The lowest BCUT2D eigenvalue weighted by Crippen LogP contribution is -2.50. The van der Waals surface area contributed by atoms with Crippen molar-refractivity contribution in [2.75, 3.05) is 7.11 Å². The number of aromatic amines is 1. The molecule has 0 aliphatic rings. The standard InChI is InChI=1S/C8H10N2O5.C2H6/c1-15-8(6(11)12,7(13)14)4-5-2-3-9-10-5;1-2/h2-3H,4H2,1H3,(H,9,10)(H,11,12)(H,13,14);1-2H3. The van der Waals surface area contributed by atoms with Gasteiger partial charge in [-0.25, -0.2) is 9.59 Å². The van der Waals surface area contributed by atoms with E-state index in [1.54, 1.807) is 0 Å². The van der Waals surface area contributed by atoms with Crippen LogP contribution in [0, 0.1) is 0 Å². The van der Waals surface area contributed by atoms with Crippen molar-refractivity contribution < 1.29 is 24.5 Å². The summed E-state index contributed by atoms with van der Waals surface area (Å²) in [5.41, 5.74) is -1.89. The molecule has 1 rings (SSSR count). The second-order valence-electron chi connectivity index (χ2n) is 2.90. The molecule has 0 amide bonds. The molecule has 17 heavy (non-hydrogen) atoms. The molecule has 0 saturated heterocycles. The predicted molar refractivity (Wildman–Crippen MR) is 58.7 cm³/mol. The number of rotatable bonds is 5. The molecule has 0 aliphatic carbocycles. The fraction of sp³-hybridized carbons (Fsp3) is 0.500. The van der Waals surface area contributed by atoms with Gasteiger partial charge in [-0.3, -0.25) is 5.10 Å².